The number of nitrogen functional groups attached to an aromatic ring is 2. The van der Waals surface area contributed by atoms with Gasteiger partial charge in [-0.15, -0.1) is 0 Å². The lowest BCUT2D eigenvalue weighted by molar-refractivity contribution is 1.32. The smallest absolute Gasteiger partial charge is 0.124 e. The van der Waals surface area contributed by atoms with E-state index < -0.39 is 0 Å². The van der Waals surface area contributed by atoms with Crippen LogP contribution in [0.25, 0.3) is 11.1 Å². The Morgan fingerprint density at radius 3 is 2.33 bits per heavy atom. The van der Waals surface area contributed by atoms with Crippen LogP contribution in [0.5, 0.6) is 0 Å². The molecule has 4 heteroatoms. The van der Waals surface area contributed by atoms with Crippen molar-refractivity contribution in [1.29, 1.82) is 0 Å². The second-order valence-electron chi connectivity index (χ2n) is 3.21. The molecule has 76 valence electrons. The highest BCUT2D eigenvalue weighted by Crippen LogP contribution is 2.26. The lowest BCUT2D eigenvalue weighted by Gasteiger charge is -2.05. The average Bonchev–Trinajstić information content (AvgIpc) is 2.20. The first-order valence-corrected chi connectivity index (χ1v) is 5.51. The number of anilines is 2. The molecule has 2 rings (SSSR count). The Hall–Kier alpha value is -1.30. The number of rotatable bonds is 1. The monoisotopic (exact) mass is 311 g/mol. The van der Waals surface area contributed by atoms with Crippen LogP contribution in [0, 0.1) is 3.57 Å². The van der Waals surface area contributed by atoms with Gasteiger partial charge < -0.3 is 11.5 Å². The molecule has 0 radical (unpaired) electrons. The maximum Gasteiger partial charge on any atom is 0.124 e. The minimum absolute atomic E-state index is 0.540. The van der Waals surface area contributed by atoms with Crippen molar-refractivity contribution in [2.24, 2.45) is 0 Å². The Morgan fingerprint density at radius 2 is 1.73 bits per heavy atom. The van der Waals surface area contributed by atoms with Crippen LogP contribution in [0.2, 0.25) is 0 Å². The summed E-state index contributed by atoms with van der Waals surface area (Å²) < 4.78 is 1.09. The van der Waals surface area contributed by atoms with E-state index in [1.807, 2.05) is 30.3 Å². The molecule has 0 bridgehead atoms. The predicted octanol–water partition coefficient (Wildman–Crippen LogP) is 2.52. The van der Waals surface area contributed by atoms with E-state index in [1.165, 1.54) is 0 Å². The van der Waals surface area contributed by atoms with Crippen molar-refractivity contribution in [3.8, 4) is 11.1 Å². The summed E-state index contributed by atoms with van der Waals surface area (Å²) in [4.78, 5) is 4.08. The van der Waals surface area contributed by atoms with E-state index >= 15 is 0 Å². The maximum absolute atomic E-state index is 5.63. The van der Waals surface area contributed by atoms with Crippen LogP contribution in [0.1, 0.15) is 0 Å². The first-order chi connectivity index (χ1) is 7.16. The number of nitrogens with two attached hydrogens (primary N) is 2. The molecule has 0 saturated heterocycles. The fraction of sp³-hybridized carbons (Fsp3) is 0. The van der Waals surface area contributed by atoms with E-state index in [4.69, 9.17) is 11.5 Å². The van der Waals surface area contributed by atoms with Crippen LogP contribution in [0.3, 0.4) is 0 Å². The second kappa shape index (κ2) is 4.06. The molecule has 15 heavy (non-hydrogen) atoms. The number of halogens is 1. The van der Waals surface area contributed by atoms with Crippen molar-refractivity contribution in [3.05, 3.63) is 40.1 Å². The molecule has 3 nitrogen and oxygen atoms in total. The van der Waals surface area contributed by atoms with Crippen molar-refractivity contribution in [2.45, 2.75) is 0 Å². The van der Waals surface area contributed by atoms with Gasteiger partial charge in [-0.1, -0.05) is 12.1 Å². The zero-order valence-electron chi connectivity index (χ0n) is 7.94. The number of nitrogens with zero attached hydrogens (tertiary/aromatic N) is 1. The molecule has 1 aromatic heterocycles. The van der Waals surface area contributed by atoms with Gasteiger partial charge in [0.15, 0.2) is 0 Å². The molecule has 2 aromatic rings. The van der Waals surface area contributed by atoms with Crippen LogP contribution in [0.15, 0.2) is 36.5 Å². The number of hydrogen-bond acceptors (Lipinski definition) is 3. The van der Waals surface area contributed by atoms with Gasteiger partial charge in [0.25, 0.3) is 0 Å². The van der Waals surface area contributed by atoms with Crippen molar-refractivity contribution in [2.75, 3.05) is 11.5 Å². The van der Waals surface area contributed by atoms with Crippen LogP contribution >= 0.6 is 22.6 Å². The summed E-state index contributed by atoms with van der Waals surface area (Å²) in [5.41, 5.74) is 14.2. The largest absolute Gasteiger partial charge is 0.399 e. The normalized spacial score (nSPS) is 10.2. The molecular formula is C11H10IN3. The van der Waals surface area contributed by atoms with Gasteiger partial charge in [0.05, 0.1) is 0 Å². The molecule has 0 fully saturated rings. The summed E-state index contributed by atoms with van der Waals surface area (Å²) in [6.45, 7) is 0. The highest BCUT2D eigenvalue weighted by atomic mass is 127. The summed E-state index contributed by atoms with van der Waals surface area (Å²) in [6, 6.07) is 9.56. The quantitative estimate of drug-likeness (QED) is 0.628. The standard InChI is InChI=1S/C11H10IN3/c12-10-5-11(14)15-6-9(10)7-1-3-8(13)4-2-7/h1-6H,13H2,(H2,14,15). The molecule has 0 aliphatic heterocycles. The van der Waals surface area contributed by atoms with Crippen LogP contribution in [-0.2, 0) is 0 Å². The summed E-state index contributed by atoms with van der Waals surface area (Å²) in [5.74, 6) is 0.540. The molecule has 0 unspecified atom stereocenters. The SMILES string of the molecule is Nc1ccc(-c2cnc(N)cc2I)cc1. The van der Waals surface area contributed by atoms with Crippen LogP contribution in [-0.4, -0.2) is 4.98 Å². The van der Waals surface area contributed by atoms with Gasteiger partial charge >= 0.3 is 0 Å². The van der Waals surface area contributed by atoms with Gasteiger partial charge in [-0.3, -0.25) is 0 Å². The van der Waals surface area contributed by atoms with Crippen molar-refractivity contribution in [3.63, 3.8) is 0 Å². The summed E-state index contributed by atoms with van der Waals surface area (Å²) in [6.07, 6.45) is 1.78. The molecule has 0 spiro atoms. The van der Waals surface area contributed by atoms with E-state index in [1.54, 1.807) is 6.20 Å². The molecule has 0 aliphatic rings. The van der Waals surface area contributed by atoms with E-state index in [2.05, 4.69) is 27.6 Å². The Kier molecular flexibility index (Phi) is 2.77. The van der Waals surface area contributed by atoms with Gasteiger partial charge in [0.1, 0.15) is 5.82 Å². The highest BCUT2D eigenvalue weighted by molar-refractivity contribution is 14.1. The van der Waals surface area contributed by atoms with Crippen molar-refractivity contribution < 1.29 is 0 Å². The highest BCUT2D eigenvalue weighted by Gasteiger charge is 2.03. The second-order valence-corrected chi connectivity index (χ2v) is 4.37. The first-order valence-electron chi connectivity index (χ1n) is 4.44. The molecule has 1 heterocycles. The summed E-state index contributed by atoms with van der Waals surface area (Å²) in [7, 11) is 0. The molecular weight excluding hydrogens is 301 g/mol. The van der Waals surface area contributed by atoms with Gasteiger partial charge in [-0.25, -0.2) is 4.98 Å². The van der Waals surface area contributed by atoms with E-state index in [-0.39, 0.29) is 0 Å². The summed E-state index contributed by atoms with van der Waals surface area (Å²) >= 11 is 2.25. The van der Waals surface area contributed by atoms with E-state index in [9.17, 15) is 0 Å². The molecule has 0 amide bonds. The van der Waals surface area contributed by atoms with Crippen LogP contribution in [0.4, 0.5) is 11.5 Å². The molecule has 0 saturated carbocycles. The number of hydrogen-bond donors (Lipinski definition) is 2. The predicted molar refractivity (Wildman–Crippen MR) is 71.2 cm³/mol. The molecule has 1 aromatic carbocycles. The van der Waals surface area contributed by atoms with Crippen molar-refractivity contribution in [1.82, 2.24) is 4.98 Å². The van der Waals surface area contributed by atoms with E-state index in [0.717, 1.165) is 20.4 Å². The lowest BCUT2D eigenvalue weighted by atomic mass is 10.1. The van der Waals surface area contributed by atoms with Crippen LogP contribution < -0.4 is 11.5 Å². The third kappa shape index (κ3) is 2.20. The van der Waals surface area contributed by atoms with Crippen molar-refractivity contribution >= 4 is 34.1 Å². The zero-order chi connectivity index (χ0) is 10.8. The Labute approximate surface area is 102 Å². The van der Waals surface area contributed by atoms with Gasteiger partial charge in [-0.05, 0) is 46.4 Å². The van der Waals surface area contributed by atoms with Gasteiger partial charge in [0, 0.05) is 21.0 Å². The Bertz CT molecular complexity index is 480. The third-order valence-corrected chi connectivity index (χ3v) is 2.99. The minimum Gasteiger partial charge on any atom is -0.399 e. The fourth-order valence-electron chi connectivity index (χ4n) is 1.32. The van der Waals surface area contributed by atoms with Gasteiger partial charge in [0.2, 0.25) is 0 Å². The minimum atomic E-state index is 0.540. The lowest BCUT2D eigenvalue weighted by Crippen LogP contribution is -1.93. The molecule has 0 atom stereocenters. The topological polar surface area (TPSA) is 64.9 Å². The molecule has 4 N–H and O–H groups in total. The zero-order valence-corrected chi connectivity index (χ0v) is 10.1. The Balaban J connectivity index is 2.49. The average molecular weight is 311 g/mol. The van der Waals surface area contributed by atoms with Gasteiger partial charge in [-0.2, -0.15) is 0 Å². The maximum atomic E-state index is 5.63. The third-order valence-electron chi connectivity index (χ3n) is 2.10. The number of pyridine rings is 1. The summed E-state index contributed by atoms with van der Waals surface area (Å²) in [5, 5.41) is 0. The fourth-order valence-corrected chi connectivity index (χ4v) is 2.09. The van der Waals surface area contributed by atoms with E-state index in [0.29, 0.717) is 5.82 Å². The number of benzene rings is 1. The first kappa shape index (κ1) is 10.2. The molecule has 0 aliphatic carbocycles. The Morgan fingerprint density at radius 1 is 1.07 bits per heavy atom. The number of aromatic nitrogens is 1.